The van der Waals surface area contributed by atoms with Gasteiger partial charge in [-0.05, 0) is 23.8 Å². The second-order valence-corrected chi connectivity index (χ2v) is 3.54. The fraction of sp³-hybridized carbons (Fsp3) is 0.0769. The Morgan fingerprint density at radius 2 is 1.69 bits per heavy atom. The van der Waals surface area contributed by atoms with Gasteiger partial charge in [0.1, 0.15) is 5.75 Å². The van der Waals surface area contributed by atoms with Crippen LogP contribution in [0.25, 0.3) is 11.1 Å². The fourth-order valence-corrected chi connectivity index (χ4v) is 1.66. The Morgan fingerprint density at radius 1 is 0.938 bits per heavy atom. The second kappa shape index (κ2) is 4.14. The van der Waals surface area contributed by atoms with Crippen molar-refractivity contribution < 1.29 is 4.74 Å². The summed E-state index contributed by atoms with van der Waals surface area (Å²) in [5.74, 6) is 0.679. The molecule has 0 aliphatic carbocycles. The van der Waals surface area contributed by atoms with Crippen molar-refractivity contribution in [1.29, 1.82) is 0 Å². The number of methoxy groups -OCH3 is 1. The van der Waals surface area contributed by atoms with Crippen LogP contribution in [0.3, 0.4) is 0 Å². The normalized spacial score (nSPS) is 10.1. The summed E-state index contributed by atoms with van der Waals surface area (Å²) in [6, 6.07) is 13.4. The zero-order chi connectivity index (χ0) is 11.5. The number of para-hydroxylation sites is 1. The fourth-order valence-electron chi connectivity index (χ4n) is 1.66. The highest BCUT2D eigenvalue weighted by Gasteiger charge is 2.04. The van der Waals surface area contributed by atoms with Crippen LogP contribution in [-0.4, -0.2) is 7.11 Å². The summed E-state index contributed by atoms with van der Waals surface area (Å²) in [5, 5.41) is 0. The summed E-state index contributed by atoms with van der Waals surface area (Å²) >= 11 is 0. The highest BCUT2D eigenvalue weighted by atomic mass is 16.5. The molecule has 0 fully saturated rings. The van der Waals surface area contributed by atoms with Crippen LogP contribution in [0.5, 0.6) is 5.75 Å². The summed E-state index contributed by atoms with van der Waals surface area (Å²) in [7, 11) is 1.60. The molecule has 0 atom stereocenters. The van der Waals surface area contributed by atoms with Crippen molar-refractivity contribution in [1.82, 2.24) is 0 Å². The molecular formula is C13H14N2O. The van der Waals surface area contributed by atoms with Gasteiger partial charge in [-0.1, -0.05) is 24.3 Å². The molecule has 0 aliphatic rings. The molecule has 0 bridgehead atoms. The van der Waals surface area contributed by atoms with Gasteiger partial charge >= 0.3 is 0 Å². The quantitative estimate of drug-likeness (QED) is 0.755. The topological polar surface area (TPSA) is 61.3 Å². The first-order chi connectivity index (χ1) is 7.72. The molecule has 4 N–H and O–H groups in total. The van der Waals surface area contributed by atoms with E-state index in [1.54, 1.807) is 7.11 Å². The van der Waals surface area contributed by atoms with Gasteiger partial charge in [0.15, 0.2) is 0 Å². The Hall–Kier alpha value is -2.16. The number of ether oxygens (including phenoxy) is 1. The number of hydrogen-bond acceptors (Lipinski definition) is 3. The van der Waals surface area contributed by atoms with E-state index in [2.05, 4.69) is 0 Å². The molecule has 0 amide bonds. The molecule has 2 aromatic carbocycles. The van der Waals surface area contributed by atoms with E-state index in [4.69, 9.17) is 16.2 Å². The third kappa shape index (κ3) is 1.80. The number of benzene rings is 2. The Kier molecular flexibility index (Phi) is 2.68. The average Bonchev–Trinajstić information content (AvgIpc) is 2.29. The van der Waals surface area contributed by atoms with Crippen LogP contribution in [0.4, 0.5) is 11.4 Å². The molecule has 0 saturated heterocycles. The van der Waals surface area contributed by atoms with Gasteiger partial charge in [-0.3, -0.25) is 0 Å². The summed E-state index contributed by atoms with van der Waals surface area (Å²) in [6.45, 7) is 0. The van der Waals surface area contributed by atoms with E-state index in [9.17, 15) is 0 Å². The molecule has 3 heteroatoms. The minimum absolute atomic E-state index is 0.614. The van der Waals surface area contributed by atoms with Gasteiger partial charge in [-0.2, -0.15) is 0 Å². The number of rotatable bonds is 2. The zero-order valence-electron chi connectivity index (χ0n) is 9.10. The van der Waals surface area contributed by atoms with E-state index in [-0.39, 0.29) is 0 Å². The minimum atomic E-state index is 0.614. The highest BCUT2D eigenvalue weighted by molar-refractivity contribution is 5.79. The predicted octanol–water partition coefficient (Wildman–Crippen LogP) is 2.53. The molecule has 82 valence electrons. The van der Waals surface area contributed by atoms with Crippen molar-refractivity contribution in [3.63, 3.8) is 0 Å². The van der Waals surface area contributed by atoms with Gasteiger partial charge in [-0.25, -0.2) is 0 Å². The van der Waals surface area contributed by atoms with E-state index in [0.29, 0.717) is 11.4 Å². The minimum Gasteiger partial charge on any atom is -0.495 e. The number of nitrogens with two attached hydrogens (primary N) is 2. The van der Waals surface area contributed by atoms with Crippen LogP contribution in [0.1, 0.15) is 0 Å². The van der Waals surface area contributed by atoms with Crippen molar-refractivity contribution in [2.24, 2.45) is 0 Å². The smallest absolute Gasteiger partial charge is 0.141 e. The SMILES string of the molecule is COc1ccc(-c2ccccc2N)cc1N. The first-order valence-corrected chi connectivity index (χ1v) is 5.01. The standard InChI is InChI=1S/C13H14N2O/c1-16-13-7-6-9(8-12(13)15)10-4-2-3-5-11(10)14/h2-8H,14-15H2,1H3. The molecule has 0 unspecified atom stereocenters. The number of anilines is 2. The van der Waals surface area contributed by atoms with Gasteiger partial charge in [0.2, 0.25) is 0 Å². The van der Waals surface area contributed by atoms with Crippen LogP contribution >= 0.6 is 0 Å². The lowest BCUT2D eigenvalue weighted by atomic mass is 10.0. The van der Waals surface area contributed by atoms with Gasteiger partial charge < -0.3 is 16.2 Å². The molecule has 16 heavy (non-hydrogen) atoms. The molecule has 0 aromatic heterocycles. The summed E-state index contributed by atoms with van der Waals surface area (Å²) < 4.78 is 5.11. The van der Waals surface area contributed by atoms with E-state index >= 15 is 0 Å². The third-order valence-corrected chi connectivity index (χ3v) is 2.50. The second-order valence-electron chi connectivity index (χ2n) is 3.54. The lowest BCUT2D eigenvalue weighted by Gasteiger charge is -2.09. The molecule has 0 radical (unpaired) electrons. The van der Waals surface area contributed by atoms with Gasteiger partial charge in [0.05, 0.1) is 12.8 Å². The van der Waals surface area contributed by atoms with Crippen LogP contribution in [-0.2, 0) is 0 Å². The third-order valence-electron chi connectivity index (χ3n) is 2.50. The summed E-state index contributed by atoms with van der Waals surface area (Å²) in [5.41, 5.74) is 15.1. The van der Waals surface area contributed by atoms with Crippen LogP contribution in [0, 0.1) is 0 Å². The van der Waals surface area contributed by atoms with E-state index in [1.807, 2.05) is 42.5 Å². The maximum absolute atomic E-state index is 5.90. The molecule has 0 saturated carbocycles. The Bertz CT molecular complexity index is 509. The van der Waals surface area contributed by atoms with Crippen LogP contribution < -0.4 is 16.2 Å². The molecule has 0 spiro atoms. The van der Waals surface area contributed by atoms with Crippen LogP contribution in [0.2, 0.25) is 0 Å². The first-order valence-electron chi connectivity index (χ1n) is 5.01. The Morgan fingerprint density at radius 3 is 2.31 bits per heavy atom. The van der Waals surface area contributed by atoms with Gasteiger partial charge in [0, 0.05) is 11.3 Å². The largest absolute Gasteiger partial charge is 0.495 e. The van der Waals surface area contributed by atoms with Crippen molar-refractivity contribution in [3.05, 3.63) is 42.5 Å². The zero-order valence-corrected chi connectivity index (χ0v) is 9.10. The monoisotopic (exact) mass is 214 g/mol. The maximum atomic E-state index is 5.90. The van der Waals surface area contributed by atoms with E-state index < -0.39 is 0 Å². The lowest BCUT2D eigenvalue weighted by molar-refractivity contribution is 0.417. The first kappa shape index (κ1) is 10.4. The molecule has 3 nitrogen and oxygen atoms in total. The van der Waals surface area contributed by atoms with Gasteiger partial charge in [0.25, 0.3) is 0 Å². The van der Waals surface area contributed by atoms with Crippen molar-refractivity contribution >= 4 is 11.4 Å². The predicted molar refractivity (Wildman–Crippen MR) is 67.3 cm³/mol. The lowest BCUT2D eigenvalue weighted by Crippen LogP contribution is -1.94. The Labute approximate surface area is 94.6 Å². The molecule has 0 aliphatic heterocycles. The Balaban J connectivity index is 2.50. The maximum Gasteiger partial charge on any atom is 0.141 e. The number of nitrogen functional groups attached to an aromatic ring is 2. The van der Waals surface area contributed by atoms with E-state index in [1.165, 1.54) is 0 Å². The highest BCUT2D eigenvalue weighted by Crippen LogP contribution is 2.31. The molecule has 0 heterocycles. The molecule has 2 aromatic rings. The summed E-state index contributed by atoms with van der Waals surface area (Å²) in [4.78, 5) is 0. The average molecular weight is 214 g/mol. The molecule has 2 rings (SSSR count). The number of hydrogen-bond donors (Lipinski definition) is 2. The van der Waals surface area contributed by atoms with E-state index in [0.717, 1.165) is 16.8 Å². The van der Waals surface area contributed by atoms with Crippen molar-refractivity contribution in [3.8, 4) is 16.9 Å². The van der Waals surface area contributed by atoms with Crippen LogP contribution in [0.15, 0.2) is 42.5 Å². The van der Waals surface area contributed by atoms with Crippen molar-refractivity contribution in [2.75, 3.05) is 18.6 Å². The van der Waals surface area contributed by atoms with Crippen molar-refractivity contribution in [2.45, 2.75) is 0 Å². The van der Waals surface area contributed by atoms with Gasteiger partial charge in [-0.15, -0.1) is 0 Å². The molecular weight excluding hydrogens is 200 g/mol. The summed E-state index contributed by atoms with van der Waals surface area (Å²) in [6.07, 6.45) is 0.